The first-order valence-electron chi connectivity index (χ1n) is 7.00. The van der Waals surface area contributed by atoms with Gasteiger partial charge in [-0.25, -0.2) is 4.39 Å². The quantitative estimate of drug-likeness (QED) is 0.833. The van der Waals surface area contributed by atoms with Crippen LogP contribution in [-0.2, 0) is 16.1 Å². The van der Waals surface area contributed by atoms with Crippen LogP contribution in [0.3, 0.4) is 0 Å². The molecular weight excluding hydrogens is 273 g/mol. The molecular formula is C16H16FNO3. The third kappa shape index (κ3) is 2.44. The zero-order valence-electron chi connectivity index (χ0n) is 11.3. The highest BCUT2D eigenvalue weighted by Crippen LogP contribution is 2.48. The number of hydrogen-bond donors (Lipinski definition) is 2. The van der Waals surface area contributed by atoms with Crippen LogP contribution in [-0.4, -0.2) is 17.0 Å². The molecule has 5 heteroatoms. The summed E-state index contributed by atoms with van der Waals surface area (Å²) in [7, 11) is 0. The Bertz CT molecular complexity index is 613. The average Bonchev–Trinajstić information content (AvgIpc) is 3.06. The molecule has 110 valence electrons. The number of fused-ring (bicyclic) bond motifs is 2. The molecule has 1 aromatic rings. The van der Waals surface area contributed by atoms with Crippen molar-refractivity contribution in [3.8, 4) is 0 Å². The van der Waals surface area contributed by atoms with Crippen molar-refractivity contribution in [2.75, 3.05) is 0 Å². The van der Waals surface area contributed by atoms with Gasteiger partial charge in [-0.15, -0.1) is 0 Å². The molecule has 2 bridgehead atoms. The minimum Gasteiger partial charge on any atom is -0.481 e. The van der Waals surface area contributed by atoms with Gasteiger partial charge in [0.05, 0.1) is 11.8 Å². The number of amides is 1. The molecule has 0 aromatic heterocycles. The van der Waals surface area contributed by atoms with Crippen LogP contribution in [0.5, 0.6) is 0 Å². The first-order chi connectivity index (χ1) is 10.1. The Balaban J connectivity index is 1.69. The second kappa shape index (κ2) is 5.31. The smallest absolute Gasteiger partial charge is 0.307 e. The lowest BCUT2D eigenvalue weighted by Crippen LogP contribution is -2.40. The van der Waals surface area contributed by atoms with E-state index in [4.69, 9.17) is 0 Å². The maximum atomic E-state index is 13.5. The van der Waals surface area contributed by atoms with Crippen LogP contribution < -0.4 is 5.32 Å². The van der Waals surface area contributed by atoms with E-state index >= 15 is 0 Å². The molecule has 0 spiro atoms. The highest BCUT2D eigenvalue weighted by Gasteiger charge is 2.51. The van der Waals surface area contributed by atoms with Crippen molar-refractivity contribution in [1.29, 1.82) is 0 Å². The molecule has 2 aliphatic carbocycles. The molecule has 1 amide bonds. The summed E-state index contributed by atoms with van der Waals surface area (Å²) in [5.41, 5.74) is 0.399. The number of rotatable bonds is 4. The van der Waals surface area contributed by atoms with Gasteiger partial charge in [0.25, 0.3) is 0 Å². The monoisotopic (exact) mass is 289 g/mol. The molecule has 0 aliphatic heterocycles. The van der Waals surface area contributed by atoms with Gasteiger partial charge >= 0.3 is 5.97 Å². The Labute approximate surface area is 121 Å². The van der Waals surface area contributed by atoms with Gasteiger partial charge in [0.2, 0.25) is 5.91 Å². The summed E-state index contributed by atoms with van der Waals surface area (Å²) in [6.45, 7) is 0.0788. The molecule has 21 heavy (non-hydrogen) atoms. The average molecular weight is 289 g/mol. The maximum Gasteiger partial charge on any atom is 0.307 e. The molecule has 1 fully saturated rings. The highest BCUT2D eigenvalue weighted by molar-refractivity contribution is 5.86. The van der Waals surface area contributed by atoms with Gasteiger partial charge < -0.3 is 10.4 Å². The Morgan fingerprint density at radius 3 is 2.52 bits per heavy atom. The van der Waals surface area contributed by atoms with E-state index in [0.717, 1.165) is 6.42 Å². The summed E-state index contributed by atoms with van der Waals surface area (Å²) in [5.74, 6) is -2.90. The number of benzene rings is 1. The fourth-order valence-corrected chi connectivity index (χ4v) is 3.46. The zero-order chi connectivity index (χ0) is 15.0. The fraction of sp³-hybridized carbons (Fsp3) is 0.375. The van der Waals surface area contributed by atoms with E-state index in [9.17, 15) is 19.1 Å². The molecule has 3 rings (SSSR count). The minimum atomic E-state index is -0.933. The van der Waals surface area contributed by atoms with Crippen LogP contribution in [0.2, 0.25) is 0 Å². The number of carbonyl (C=O) groups is 2. The number of halogens is 1. The van der Waals surface area contributed by atoms with Gasteiger partial charge in [-0.1, -0.05) is 30.4 Å². The van der Waals surface area contributed by atoms with E-state index in [0.29, 0.717) is 5.56 Å². The van der Waals surface area contributed by atoms with E-state index in [1.54, 1.807) is 18.2 Å². The van der Waals surface area contributed by atoms with Gasteiger partial charge in [0.1, 0.15) is 5.82 Å². The summed E-state index contributed by atoms with van der Waals surface area (Å²) in [4.78, 5) is 23.7. The first-order valence-corrected chi connectivity index (χ1v) is 7.00. The number of carbonyl (C=O) groups excluding carboxylic acids is 1. The normalized spacial score (nSPS) is 29.6. The molecule has 1 aromatic carbocycles. The van der Waals surface area contributed by atoms with E-state index < -0.39 is 17.8 Å². The standard InChI is InChI=1S/C16H16FNO3/c17-12-4-2-1-3-11(12)8-18-15(19)13-9-5-6-10(7-9)14(13)16(20)21/h1-6,9-10,13-14H,7-8H2,(H,18,19)(H,20,21). The lowest BCUT2D eigenvalue weighted by atomic mass is 9.82. The Hall–Kier alpha value is -2.17. The number of carboxylic acid groups (broad SMARTS) is 1. The molecule has 0 radical (unpaired) electrons. The molecule has 2 N–H and O–H groups in total. The van der Waals surface area contributed by atoms with Gasteiger partial charge in [-0.3, -0.25) is 9.59 Å². The number of nitrogens with one attached hydrogen (secondary N) is 1. The maximum absolute atomic E-state index is 13.5. The third-order valence-electron chi connectivity index (χ3n) is 4.46. The Kier molecular flexibility index (Phi) is 3.49. The van der Waals surface area contributed by atoms with Gasteiger partial charge in [0.15, 0.2) is 0 Å². The van der Waals surface area contributed by atoms with Crippen molar-refractivity contribution >= 4 is 11.9 Å². The van der Waals surface area contributed by atoms with Gasteiger partial charge in [0, 0.05) is 12.1 Å². The second-order valence-electron chi connectivity index (χ2n) is 5.65. The van der Waals surface area contributed by atoms with Crippen LogP contribution in [0.25, 0.3) is 0 Å². The third-order valence-corrected chi connectivity index (χ3v) is 4.46. The van der Waals surface area contributed by atoms with Crippen LogP contribution in [0.15, 0.2) is 36.4 Å². The Morgan fingerprint density at radius 1 is 1.19 bits per heavy atom. The summed E-state index contributed by atoms with van der Waals surface area (Å²) < 4.78 is 13.5. The molecule has 0 saturated heterocycles. The van der Waals surface area contributed by atoms with Gasteiger partial charge in [-0.05, 0) is 24.3 Å². The van der Waals surface area contributed by atoms with Crippen molar-refractivity contribution in [2.45, 2.75) is 13.0 Å². The van der Waals surface area contributed by atoms with Crippen molar-refractivity contribution in [3.63, 3.8) is 0 Å². The summed E-state index contributed by atoms with van der Waals surface area (Å²) in [6.07, 6.45) is 4.54. The molecule has 4 atom stereocenters. The topological polar surface area (TPSA) is 66.4 Å². The number of allylic oxidation sites excluding steroid dienone is 2. The summed E-state index contributed by atoms with van der Waals surface area (Å²) in [6, 6.07) is 6.22. The lowest BCUT2D eigenvalue weighted by molar-refractivity contribution is -0.147. The SMILES string of the molecule is O=C(O)C1C2C=CC(C2)C1C(=O)NCc1ccccc1F. The van der Waals surface area contributed by atoms with E-state index in [1.165, 1.54) is 6.07 Å². The molecule has 4 nitrogen and oxygen atoms in total. The molecule has 0 heterocycles. The largest absolute Gasteiger partial charge is 0.481 e. The second-order valence-corrected chi connectivity index (χ2v) is 5.65. The zero-order valence-corrected chi connectivity index (χ0v) is 11.3. The number of aliphatic carboxylic acids is 1. The predicted octanol–water partition coefficient (Wildman–Crippen LogP) is 1.96. The minimum absolute atomic E-state index is 0.0169. The molecule has 1 saturated carbocycles. The van der Waals surface area contributed by atoms with E-state index in [-0.39, 0.29) is 30.1 Å². The van der Waals surface area contributed by atoms with Crippen molar-refractivity contribution < 1.29 is 19.1 Å². The van der Waals surface area contributed by atoms with Gasteiger partial charge in [-0.2, -0.15) is 0 Å². The summed E-state index contributed by atoms with van der Waals surface area (Å²) >= 11 is 0. The van der Waals surface area contributed by atoms with Crippen molar-refractivity contribution in [2.24, 2.45) is 23.7 Å². The van der Waals surface area contributed by atoms with E-state index in [1.807, 2.05) is 12.2 Å². The summed E-state index contributed by atoms with van der Waals surface area (Å²) in [5, 5.41) is 12.0. The number of hydrogen-bond acceptors (Lipinski definition) is 2. The van der Waals surface area contributed by atoms with Crippen LogP contribution in [0.1, 0.15) is 12.0 Å². The van der Waals surface area contributed by atoms with Crippen molar-refractivity contribution in [3.05, 3.63) is 47.8 Å². The van der Waals surface area contributed by atoms with Crippen LogP contribution in [0, 0.1) is 29.5 Å². The first kappa shape index (κ1) is 13.8. The van der Waals surface area contributed by atoms with E-state index in [2.05, 4.69) is 5.32 Å². The van der Waals surface area contributed by atoms with Crippen LogP contribution >= 0.6 is 0 Å². The lowest BCUT2D eigenvalue weighted by Gasteiger charge is -2.23. The molecule has 2 aliphatic rings. The predicted molar refractivity (Wildman–Crippen MR) is 73.6 cm³/mol. The van der Waals surface area contributed by atoms with Crippen molar-refractivity contribution in [1.82, 2.24) is 5.32 Å². The van der Waals surface area contributed by atoms with Crippen LogP contribution in [0.4, 0.5) is 4.39 Å². The fourth-order valence-electron chi connectivity index (χ4n) is 3.46. The Morgan fingerprint density at radius 2 is 1.86 bits per heavy atom. The number of carboxylic acids is 1. The highest BCUT2D eigenvalue weighted by atomic mass is 19.1. The molecule has 4 unspecified atom stereocenters.